The molecule has 0 aliphatic heterocycles. The standard InChI is InChI=1S/C13H14F4N2O3S/c1-3-6-18-23(21,22)11-7-9(4-5-10(11)14)12(20)19(2)8-13(15,16)17/h3-5,7,18H,1,6,8H2,2H3. The Morgan fingerprint density at radius 2 is 2.00 bits per heavy atom. The van der Waals surface area contributed by atoms with E-state index < -0.39 is 39.4 Å². The number of nitrogens with one attached hydrogen (secondary N) is 1. The highest BCUT2D eigenvalue weighted by Crippen LogP contribution is 2.20. The number of hydrogen-bond donors (Lipinski definition) is 1. The van der Waals surface area contributed by atoms with Crippen LogP contribution in [0.15, 0.2) is 35.7 Å². The van der Waals surface area contributed by atoms with Gasteiger partial charge in [0.1, 0.15) is 17.3 Å². The van der Waals surface area contributed by atoms with E-state index in [1.807, 2.05) is 4.72 Å². The van der Waals surface area contributed by atoms with Crippen molar-refractivity contribution in [1.29, 1.82) is 0 Å². The van der Waals surface area contributed by atoms with Gasteiger partial charge in [-0.25, -0.2) is 17.5 Å². The van der Waals surface area contributed by atoms with Crippen molar-refractivity contribution in [2.24, 2.45) is 0 Å². The summed E-state index contributed by atoms with van der Waals surface area (Å²) in [5.74, 6) is -2.21. The molecule has 0 saturated heterocycles. The molecule has 0 aromatic heterocycles. The molecule has 0 unspecified atom stereocenters. The van der Waals surface area contributed by atoms with E-state index in [0.29, 0.717) is 17.0 Å². The third-order valence-electron chi connectivity index (χ3n) is 2.65. The predicted octanol–water partition coefficient (Wildman–Crippen LogP) is 1.92. The van der Waals surface area contributed by atoms with Gasteiger partial charge in [-0.1, -0.05) is 6.08 Å². The Morgan fingerprint density at radius 3 is 2.52 bits per heavy atom. The van der Waals surface area contributed by atoms with Crippen LogP contribution in [0.3, 0.4) is 0 Å². The molecule has 0 aliphatic rings. The minimum Gasteiger partial charge on any atom is -0.333 e. The number of carbonyl (C=O) groups excluding carboxylic acids is 1. The van der Waals surface area contributed by atoms with Gasteiger partial charge in [-0.15, -0.1) is 6.58 Å². The number of rotatable bonds is 6. The highest BCUT2D eigenvalue weighted by Gasteiger charge is 2.32. The average molecular weight is 354 g/mol. The van der Waals surface area contributed by atoms with E-state index >= 15 is 0 Å². The molecule has 1 rings (SSSR count). The van der Waals surface area contributed by atoms with Gasteiger partial charge in [0.2, 0.25) is 10.0 Å². The highest BCUT2D eigenvalue weighted by molar-refractivity contribution is 7.89. The molecule has 10 heteroatoms. The molecule has 1 N–H and O–H groups in total. The molecule has 5 nitrogen and oxygen atoms in total. The smallest absolute Gasteiger partial charge is 0.333 e. The van der Waals surface area contributed by atoms with E-state index in [2.05, 4.69) is 6.58 Å². The Hall–Kier alpha value is -1.94. The van der Waals surface area contributed by atoms with Crippen molar-refractivity contribution in [2.45, 2.75) is 11.1 Å². The lowest BCUT2D eigenvalue weighted by Gasteiger charge is -2.19. The second-order valence-corrected chi connectivity index (χ2v) is 6.30. The predicted molar refractivity (Wildman–Crippen MR) is 74.8 cm³/mol. The Labute approximate surface area is 130 Å². The maximum atomic E-state index is 13.7. The van der Waals surface area contributed by atoms with Gasteiger partial charge in [-0.3, -0.25) is 4.79 Å². The quantitative estimate of drug-likeness (QED) is 0.627. The first-order chi connectivity index (χ1) is 10.5. The van der Waals surface area contributed by atoms with Crippen LogP contribution in [-0.4, -0.2) is 45.5 Å². The minimum atomic E-state index is -4.61. The van der Waals surface area contributed by atoms with Crippen molar-refractivity contribution >= 4 is 15.9 Å². The van der Waals surface area contributed by atoms with Crippen molar-refractivity contribution in [1.82, 2.24) is 9.62 Å². The highest BCUT2D eigenvalue weighted by atomic mass is 32.2. The summed E-state index contributed by atoms with van der Waals surface area (Å²) in [4.78, 5) is 11.4. The fourth-order valence-corrected chi connectivity index (χ4v) is 2.75. The van der Waals surface area contributed by atoms with Gasteiger partial charge in [0.25, 0.3) is 5.91 Å². The van der Waals surface area contributed by atoms with Crippen LogP contribution in [0.25, 0.3) is 0 Å². The van der Waals surface area contributed by atoms with Crippen LogP contribution in [0.5, 0.6) is 0 Å². The van der Waals surface area contributed by atoms with Gasteiger partial charge >= 0.3 is 6.18 Å². The van der Waals surface area contributed by atoms with E-state index in [4.69, 9.17) is 0 Å². The summed E-state index contributed by atoms with van der Waals surface area (Å²) in [5.41, 5.74) is -0.378. The molecule has 0 saturated carbocycles. The van der Waals surface area contributed by atoms with Gasteiger partial charge in [0.05, 0.1) is 0 Å². The molecule has 0 fully saturated rings. The molecule has 23 heavy (non-hydrogen) atoms. The maximum absolute atomic E-state index is 13.7. The second-order valence-electron chi connectivity index (χ2n) is 4.56. The molecule has 1 aromatic rings. The summed E-state index contributed by atoms with van der Waals surface area (Å²) in [7, 11) is -3.35. The number of sulfonamides is 1. The van der Waals surface area contributed by atoms with Crippen molar-refractivity contribution in [3.05, 3.63) is 42.2 Å². The number of alkyl halides is 3. The summed E-state index contributed by atoms with van der Waals surface area (Å²) in [6.45, 7) is 1.61. The van der Waals surface area contributed by atoms with E-state index in [1.54, 1.807) is 0 Å². The van der Waals surface area contributed by atoms with Gasteiger partial charge in [0.15, 0.2) is 0 Å². The molecular formula is C13H14F4N2O3S. The van der Waals surface area contributed by atoms with Gasteiger partial charge in [0, 0.05) is 19.2 Å². The summed E-state index contributed by atoms with van der Waals surface area (Å²) >= 11 is 0. The number of amides is 1. The van der Waals surface area contributed by atoms with Gasteiger partial charge in [-0.05, 0) is 18.2 Å². The van der Waals surface area contributed by atoms with Crippen LogP contribution in [0, 0.1) is 5.82 Å². The number of benzene rings is 1. The fourth-order valence-electron chi connectivity index (χ4n) is 1.65. The van der Waals surface area contributed by atoms with Crippen LogP contribution < -0.4 is 4.72 Å². The Balaban J connectivity index is 3.15. The van der Waals surface area contributed by atoms with E-state index in [9.17, 15) is 30.8 Å². The molecule has 0 heterocycles. The first kappa shape index (κ1) is 19.1. The molecule has 1 amide bonds. The molecule has 128 valence electrons. The number of halogens is 4. The third-order valence-corrected chi connectivity index (χ3v) is 4.09. The Bertz CT molecular complexity index is 702. The topological polar surface area (TPSA) is 66.5 Å². The lowest BCUT2D eigenvalue weighted by Crippen LogP contribution is -2.36. The van der Waals surface area contributed by atoms with Crippen LogP contribution in [0.1, 0.15) is 10.4 Å². The van der Waals surface area contributed by atoms with Crippen LogP contribution in [-0.2, 0) is 10.0 Å². The number of nitrogens with zero attached hydrogens (tertiary/aromatic N) is 1. The molecular weight excluding hydrogens is 340 g/mol. The summed E-state index contributed by atoms with van der Waals surface area (Å²) in [6, 6.07) is 2.31. The Kier molecular flexibility index (Phi) is 5.89. The first-order valence-electron chi connectivity index (χ1n) is 6.20. The van der Waals surface area contributed by atoms with Crippen LogP contribution >= 0.6 is 0 Å². The zero-order valence-electron chi connectivity index (χ0n) is 12.0. The van der Waals surface area contributed by atoms with Crippen LogP contribution in [0.2, 0.25) is 0 Å². The lowest BCUT2D eigenvalue weighted by atomic mass is 10.2. The monoisotopic (exact) mass is 354 g/mol. The Morgan fingerprint density at radius 1 is 1.39 bits per heavy atom. The third kappa shape index (κ3) is 5.32. The van der Waals surface area contributed by atoms with E-state index in [1.165, 1.54) is 6.08 Å². The number of carbonyl (C=O) groups is 1. The SMILES string of the molecule is C=CCNS(=O)(=O)c1cc(C(=O)N(C)CC(F)(F)F)ccc1F. The zero-order chi connectivity index (χ0) is 17.8. The lowest BCUT2D eigenvalue weighted by molar-refractivity contribution is -0.138. The molecule has 0 radical (unpaired) electrons. The van der Waals surface area contributed by atoms with Gasteiger partial charge in [-0.2, -0.15) is 13.2 Å². The second kappa shape index (κ2) is 7.09. The summed E-state index contributed by atoms with van der Waals surface area (Å²) < 4.78 is 76.3. The van der Waals surface area contributed by atoms with Crippen molar-refractivity contribution < 1.29 is 30.8 Å². The maximum Gasteiger partial charge on any atom is 0.406 e. The van der Waals surface area contributed by atoms with E-state index in [0.717, 1.165) is 13.1 Å². The first-order valence-corrected chi connectivity index (χ1v) is 7.68. The van der Waals surface area contributed by atoms with E-state index in [-0.39, 0.29) is 12.1 Å². The molecule has 0 aliphatic carbocycles. The van der Waals surface area contributed by atoms with Crippen molar-refractivity contribution in [2.75, 3.05) is 20.1 Å². The molecule has 1 aromatic carbocycles. The minimum absolute atomic E-state index is 0.173. The summed E-state index contributed by atoms with van der Waals surface area (Å²) in [6.07, 6.45) is -3.38. The largest absolute Gasteiger partial charge is 0.406 e. The zero-order valence-corrected chi connectivity index (χ0v) is 12.8. The van der Waals surface area contributed by atoms with Crippen molar-refractivity contribution in [3.8, 4) is 0 Å². The van der Waals surface area contributed by atoms with Crippen molar-refractivity contribution in [3.63, 3.8) is 0 Å². The number of hydrogen-bond acceptors (Lipinski definition) is 3. The molecule has 0 bridgehead atoms. The van der Waals surface area contributed by atoms with Gasteiger partial charge < -0.3 is 4.90 Å². The summed E-state index contributed by atoms with van der Waals surface area (Å²) in [5, 5.41) is 0. The fraction of sp³-hybridized carbons (Fsp3) is 0.308. The van der Waals surface area contributed by atoms with Crippen LogP contribution in [0.4, 0.5) is 17.6 Å². The molecule has 0 spiro atoms. The molecule has 0 atom stereocenters. The normalized spacial score (nSPS) is 12.0. The average Bonchev–Trinajstić information content (AvgIpc) is 2.43.